The fourth-order valence-corrected chi connectivity index (χ4v) is 3.58. The summed E-state index contributed by atoms with van der Waals surface area (Å²) in [5.74, 6) is -0.0359. The monoisotopic (exact) mass is 407 g/mol. The molecule has 7 nitrogen and oxygen atoms in total. The largest absolute Gasteiger partial charge is 0.507 e. The van der Waals surface area contributed by atoms with Crippen LogP contribution >= 0.6 is 11.8 Å². The maximum atomic E-state index is 11.8. The number of aromatic hydroxyl groups is 1. The molecule has 0 radical (unpaired) electrons. The molecule has 0 atom stereocenters. The Morgan fingerprint density at radius 2 is 1.64 bits per heavy atom. The Bertz CT molecular complexity index is 731. The Morgan fingerprint density at radius 3 is 2.07 bits per heavy atom. The molecule has 0 spiro atoms. The summed E-state index contributed by atoms with van der Waals surface area (Å²) in [6, 6.07) is 3.69. The molecule has 1 aromatic rings. The highest BCUT2D eigenvalue weighted by atomic mass is 32.2. The first-order valence-corrected chi connectivity index (χ1v) is 10.1. The van der Waals surface area contributed by atoms with Crippen molar-refractivity contribution in [2.24, 2.45) is 0 Å². The summed E-state index contributed by atoms with van der Waals surface area (Å²) < 4.78 is 9.90. The van der Waals surface area contributed by atoms with Gasteiger partial charge in [-0.3, -0.25) is 14.4 Å². The highest BCUT2D eigenvalue weighted by Crippen LogP contribution is 2.30. The van der Waals surface area contributed by atoms with Gasteiger partial charge in [-0.15, -0.1) is 0 Å². The minimum atomic E-state index is -0.335. The van der Waals surface area contributed by atoms with Crippen LogP contribution in [0.15, 0.2) is 17.0 Å². The molecule has 0 aromatic heterocycles. The molecule has 1 aliphatic heterocycles. The molecule has 8 heteroatoms. The van der Waals surface area contributed by atoms with E-state index >= 15 is 0 Å². The molecule has 0 saturated carbocycles. The quantitative estimate of drug-likeness (QED) is 0.368. The van der Waals surface area contributed by atoms with Crippen LogP contribution < -0.4 is 5.32 Å². The van der Waals surface area contributed by atoms with E-state index in [1.165, 1.54) is 25.6 Å². The lowest BCUT2D eigenvalue weighted by atomic mass is 9.97. The molecule has 152 valence electrons. The van der Waals surface area contributed by atoms with Crippen LogP contribution in [0.3, 0.4) is 0 Å². The summed E-state index contributed by atoms with van der Waals surface area (Å²) in [7, 11) is 0. The third-order valence-electron chi connectivity index (χ3n) is 4.06. The van der Waals surface area contributed by atoms with Crippen LogP contribution in [0.25, 0.3) is 6.08 Å². The maximum Gasteiger partial charge on any atom is 0.302 e. The van der Waals surface area contributed by atoms with Crippen molar-refractivity contribution in [3.8, 4) is 5.75 Å². The van der Waals surface area contributed by atoms with Gasteiger partial charge >= 0.3 is 11.9 Å². The minimum absolute atomic E-state index is 0.106. The number of rotatable bonds is 9. The summed E-state index contributed by atoms with van der Waals surface area (Å²) in [6.45, 7) is 3.27. The van der Waals surface area contributed by atoms with E-state index in [2.05, 4.69) is 5.32 Å². The second-order valence-corrected chi connectivity index (χ2v) is 7.40. The number of phenolic OH excluding ortho intramolecular Hbond substituents is 1. The number of carbonyl (C=O) groups excluding carboxylic acids is 3. The normalized spacial score (nSPS) is 14.8. The average Bonchev–Trinajstić information content (AvgIpc) is 3.03. The van der Waals surface area contributed by atoms with E-state index in [0.29, 0.717) is 36.5 Å². The van der Waals surface area contributed by atoms with Gasteiger partial charge in [-0.25, -0.2) is 0 Å². The minimum Gasteiger partial charge on any atom is -0.507 e. The fourth-order valence-electron chi connectivity index (χ4n) is 2.80. The first kappa shape index (κ1) is 21.8. The molecule has 28 heavy (non-hydrogen) atoms. The fraction of sp³-hybridized carbons (Fsp3) is 0.450. The predicted molar refractivity (Wildman–Crippen MR) is 107 cm³/mol. The van der Waals surface area contributed by atoms with Crippen LogP contribution in [0.4, 0.5) is 0 Å². The second kappa shape index (κ2) is 10.8. The number of ether oxygens (including phenoxy) is 2. The SMILES string of the molecule is CC(=O)OCCCc1cc(C=C2SCNC2=O)cc(CCCOC(C)=O)c1O. The van der Waals surface area contributed by atoms with Gasteiger partial charge in [-0.05, 0) is 60.6 Å². The van der Waals surface area contributed by atoms with Crippen molar-refractivity contribution in [1.29, 1.82) is 0 Å². The van der Waals surface area contributed by atoms with Crippen LogP contribution in [-0.4, -0.2) is 42.0 Å². The van der Waals surface area contributed by atoms with Gasteiger partial charge in [-0.1, -0.05) is 11.8 Å². The maximum absolute atomic E-state index is 11.8. The van der Waals surface area contributed by atoms with E-state index in [9.17, 15) is 19.5 Å². The molecule has 0 aliphatic carbocycles. The highest BCUT2D eigenvalue weighted by Gasteiger charge is 2.17. The van der Waals surface area contributed by atoms with Crippen molar-refractivity contribution in [1.82, 2.24) is 5.32 Å². The van der Waals surface area contributed by atoms with Crippen molar-refractivity contribution in [2.45, 2.75) is 39.5 Å². The lowest BCUT2D eigenvalue weighted by Crippen LogP contribution is -2.13. The number of benzene rings is 1. The number of thioether (sulfide) groups is 1. The van der Waals surface area contributed by atoms with Crippen molar-refractivity contribution in [3.05, 3.63) is 33.7 Å². The van der Waals surface area contributed by atoms with Gasteiger partial charge in [0, 0.05) is 13.8 Å². The number of hydrogen-bond donors (Lipinski definition) is 2. The van der Waals surface area contributed by atoms with E-state index in [-0.39, 0.29) is 36.8 Å². The Balaban J connectivity index is 2.17. The van der Waals surface area contributed by atoms with Crippen molar-refractivity contribution in [2.75, 3.05) is 19.1 Å². The van der Waals surface area contributed by atoms with Gasteiger partial charge in [0.1, 0.15) is 5.75 Å². The van der Waals surface area contributed by atoms with Crippen molar-refractivity contribution in [3.63, 3.8) is 0 Å². The van der Waals surface area contributed by atoms with Gasteiger partial charge < -0.3 is 19.9 Å². The summed E-state index contributed by atoms with van der Waals surface area (Å²) >= 11 is 1.43. The van der Waals surface area contributed by atoms with E-state index in [1.807, 2.05) is 12.1 Å². The number of carbonyl (C=O) groups is 3. The Morgan fingerprint density at radius 1 is 1.11 bits per heavy atom. The number of aryl methyl sites for hydroxylation is 2. The number of amides is 1. The van der Waals surface area contributed by atoms with Crippen LogP contribution in [0, 0.1) is 0 Å². The molecular formula is C20H25NO6S. The Kier molecular flexibility index (Phi) is 8.38. The van der Waals surface area contributed by atoms with Gasteiger partial charge in [0.05, 0.1) is 24.0 Å². The zero-order chi connectivity index (χ0) is 20.5. The van der Waals surface area contributed by atoms with E-state index < -0.39 is 0 Å². The summed E-state index contributed by atoms with van der Waals surface area (Å²) in [6.07, 6.45) is 4.03. The summed E-state index contributed by atoms with van der Waals surface area (Å²) in [4.78, 5) is 34.2. The molecule has 1 aliphatic rings. The molecular weight excluding hydrogens is 382 g/mol. The molecule has 2 N–H and O–H groups in total. The highest BCUT2D eigenvalue weighted by molar-refractivity contribution is 8.04. The lowest BCUT2D eigenvalue weighted by molar-refractivity contribution is -0.142. The lowest BCUT2D eigenvalue weighted by Gasteiger charge is -2.12. The number of phenols is 1. The van der Waals surface area contributed by atoms with E-state index in [4.69, 9.17) is 9.47 Å². The summed E-state index contributed by atoms with van der Waals surface area (Å²) in [5.41, 5.74) is 2.28. The van der Waals surface area contributed by atoms with Crippen molar-refractivity contribution < 1.29 is 29.0 Å². The molecule has 1 fully saturated rings. The number of esters is 2. The zero-order valence-corrected chi connectivity index (χ0v) is 16.9. The predicted octanol–water partition coefficient (Wildman–Crippen LogP) is 2.55. The van der Waals surface area contributed by atoms with Crippen molar-refractivity contribution >= 4 is 35.7 Å². The first-order chi connectivity index (χ1) is 13.4. The molecule has 0 unspecified atom stereocenters. The number of nitrogens with one attached hydrogen (secondary N) is 1. The van der Waals surface area contributed by atoms with Gasteiger partial charge in [0.2, 0.25) is 0 Å². The molecule has 1 saturated heterocycles. The van der Waals surface area contributed by atoms with Crippen LogP contribution in [0.5, 0.6) is 5.75 Å². The van der Waals surface area contributed by atoms with E-state index in [1.54, 1.807) is 6.08 Å². The molecule has 2 rings (SSSR count). The van der Waals surface area contributed by atoms with E-state index in [0.717, 1.165) is 16.7 Å². The van der Waals surface area contributed by atoms with Gasteiger partial charge in [0.25, 0.3) is 5.91 Å². The number of hydrogen-bond acceptors (Lipinski definition) is 7. The van der Waals surface area contributed by atoms with Crippen LogP contribution in [0.1, 0.15) is 43.4 Å². The topological polar surface area (TPSA) is 102 Å². The second-order valence-electron chi connectivity index (χ2n) is 6.38. The smallest absolute Gasteiger partial charge is 0.302 e. The first-order valence-electron chi connectivity index (χ1n) is 9.11. The van der Waals surface area contributed by atoms with Crippen LogP contribution in [-0.2, 0) is 36.7 Å². The van der Waals surface area contributed by atoms with Crippen LogP contribution in [0.2, 0.25) is 0 Å². The molecule has 1 amide bonds. The standard InChI is InChI=1S/C20H25NO6S/c1-13(22)26-7-3-5-16-9-15(11-18-20(25)21-12-28-18)10-17(19(16)24)6-4-8-27-14(2)23/h9-11,24H,3-8,12H2,1-2H3,(H,21,25). The average molecular weight is 407 g/mol. The third kappa shape index (κ3) is 6.92. The van der Waals surface area contributed by atoms with Gasteiger partial charge in [-0.2, -0.15) is 0 Å². The third-order valence-corrected chi connectivity index (χ3v) is 4.97. The molecule has 1 aromatic carbocycles. The summed E-state index contributed by atoms with van der Waals surface area (Å²) in [5, 5.41) is 13.4. The van der Waals surface area contributed by atoms with Gasteiger partial charge in [0.15, 0.2) is 0 Å². The Labute approximate surface area is 168 Å². The molecule has 1 heterocycles. The zero-order valence-electron chi connectivity index (χ0n) is 16.1. The Hall–Kier alpha value is -2.48. The molecule has 0 bridgehead atoms.